The molecule has 4 heteroatoms. The van der Waals surface area contributed by atoms with E-state index in [0.717, 1.165) is 5.56 Å². The molecule has 0 heterocycles. The van der Waals surface area contributed by atoms with Crippen molar-refractivity contribution in [1.29, 1.82) is 0 Å². The average molecular weight is 349 g/mol. The van der Waals surface area contributed by atoms with Gasteiger partial charge in [0.15, 0.2) is 5.78 Å². The van der Waals surface area contributed by atoms with Crippen LogP contribution in [0.5, 0.6) is 0 Å². The van der Waals surface area contributed by atoms with Crippen molar-refractivity contribution in [3.8, 4) is 0 Å². The molecule has 1 aliphatic rings. The standard InChI is InChI=1S/C22H23NO3/c1-3-23(4-2)21(25)20-19(24)15-18(16-11-7-5-8-12-16)22(20,26)17-13-9-6-10-14-17/h5-15,20,26H,3-4H2,1-2H3. The Bertz CT molecular complexity index is 825. The molecule has 2 unspecified atom stereocenters. The minimum absolute atomic E-state index is 0.339. The molecule has 0 bridgehead atoms. The van der Waals surface area contributed by atoms with Crippen LogP contribution >= 0.6 is 0 Å². The highest BCUT2D eigenvalue weighted by Crippen LogP contribution is 2.47. The highest BCUT2D eigenvalue weighted by molar-refractivity contribution is 6.17. The Morgan fingerprint density at radius 3 is 2.08 bits per heavy atom. The van der Waals surface area contributed by atoms with E-state index in [9.17, 15) is 14.7 Å². The zero-order chi connectivity index (χ0) is 18.7. The summed E-state index contributed by atoms with van der Waals surface area (Å²) >= 11 is 0. The van der Waals surface area contributed by atoms with Crippen LogP contribution in [0.15, 0.2) is 66.7 Å². The number of allylic oxidation sites excluding steroid dienone is 1. The molecular weight excluding hydrogens is 326 g/mol. The van der Waals surface area contributed by atoms with Crippen LogP contribution in [-0.4, -0.2) is 34.8 Å². The SMILES string of the molecule is CCN(CC)C(=O)C1C(=O)C=C(c2ccccc2)C1(O)c1ccccc1. The maximum absolute atomic E-state index is 13.1. The van der Waals surface area contributed by atoms with Gasteiger partial charge in [0.25, 0.3) is 0 Å². The number of carbonyl (C=O) groups excluding carboxylic acids is 2. The van der Waals surface area contributed by atoms with Crippen molar-refractivity contribution < 1.29 is 14.7 Å². The Morgan fingerprint density at radius 2 is 1.54 bits per heavy atom. The van der Waals surface area contributed by atoms with E-state index in [4.69, 9.17) is 0 Å². The third-order valence-corrected chi connectivity index (χ3v) is 5.02. The van der Waals surface area contributed by atoms with Gasteiger partial charge in [-0.3, -0.25) is 9.59 Å². The van der Waals surface area contributed by atoms with Gasteiger partial charge in [0, 0.05) is 18.7 Å². The van der Waals surface area contributed by atoms with Gasteiger partial charge in [-0.2, -0.15) is 0 Å². The second-order valence-corrected chi connectivity index (χ2v) is 6.40. The zero-order valence-electron chi connectivity index (χ0n) is 15.1. The van der Waals surface area contributed by atoms with Crippen LogP contribution in [0.1, 0.15) is 25.0 Å². The molecule has 0 aliphatic heterocycles. The molecule has 3 rings (SSSR count). The lowest BCUT2D eigenvalue weighted by molar-refractivity contribution is -0.146. The van der Waals surface area contributed by atoms with Crippen molar-refractivity contribution in [1.82, 2.24) is 4.90 Å². The zero-order valence-corrected chi connectivity index (χ0v) is 15.1. The lowest BCUT2D eigenvalue weighted by atomic mass is 9.76. The number of hydrogen-bond donors (Lipinski definition) is 1. The molecule has 134 valence electrons. The molecule has 2 aromatic rings. The summed E-state index contributed by atoms with van der Waals surface area (Å²) in [6.45, 7) is 4.72. The molecular formula is C22H23NO3. The number of carbonyl (C=O) groups is 2. The van der Waals surface area contributed by atoms with E-state index in [1.165, 1.54) is 6.08 Å². The fourth-order valence-electron chi connectivity index (χ4n) is 3.65. The predicted molar refractivity (Wildman–Crippen MR) is 101 cm³/mol. The first kappa shape index (κ1) is 18.1. The summed E-state index contributed by atoms with van der Waals surface area (Å²) in [7, 11) is 0. The van der Waals surface area contributed by atoms with E-state index >= 15 is 0 Å². The highest BCUT2D eigenvalue weighted by atomic mass is 16.3. The summed E-state index contributed by atoms with van der Waals surface area (Å²) in [4.78, 5) is 27.5. The molecule has 0 fully saturated rings. The van der Waals surface area contributed by atoms with Gasteiger partial charge in [-0.15, -0.1) is 0 Å². The van der Waals surface area contributed by atoms with E-state index in [-0.39, 0.29) is 11.7 Å². The molecule has 0 saturated heterocycles. The third kappa shape index (κ3) is 2.86. The molecule has 2 aromatic carbocycles. The summed E-state index contributed by atoms with van der Waals surface area (Å²) < 4.78 is 0. The van der Waals surface area contributed by atoms with Crippen LogP contribution in [-0.2, 0) is 15.2 Å². The number of hydrogen-bond acceptors (Lipinski definition) is 3. The van der Waals surface area contributed by atoms with Gasteiger partial charge in [0.2, 0.25) is 5.91 Å². The fraction of sp³-hybridized carbons (Fsp3) is 0.273. The summed E-state index contributed by atoms with van der Waals surface area (Å²) in [6, 6.07) is 18.2. The molecule has 26 heavy (non-hydrogen) atoms. The van der Waals surface area contributed by atoms with Crippen molar-refractivity contribution in [3.63, 3.8) is 0 Å². The van der Waals surface area contributed by atoms with Crippen LogP contribution in [0.2, 0.25) is 0 Å². The number of nitrogens with zero attached hydrogens (tertiary/aromatic N) is 1. The topological polar surface area (TPSA) is 57.6 Å². The maximum Gasteiger partial charge on any atom is 0.237 e. The second-order valence-electron chi connectivity index (χ2n) is 6.40. The average Bonchev–Trinajstić information content (AvgIpc) is 2.95. The van der Waals surface area contributed by atoms with Crippen molar-refractivity contribution in [2.75, 3.05) is 13.1 Å². The molecule has 4 nitrogen and oxygen atoms in total. The maximum atomic E-state index is 13.1. The van der Waals surface area contributed by atoms with Crippen LogP contribution in [0.3, 0.4) is 0 Å². The Kier molecular flexibility index (Phi) is 5.05. The van der Waals surface area contributed by atoms with Crippen molar-refractivity contribution in [2.45, 2.75) is 19.4 Å². The predicted octanol–water partition coefficient (Wildman–Crippen LogP) is 3.03. The van der Waals surface area contributed by atoms with Gasteiger partial charge in [-0.1, -0.05) is 60.7 Å². The van der Waals surface area contributed by atoms with E-state index in [1.807, 2.05) is 50.2 Å². The molecule has 0 aromatic heterocycles. The second kappa shape index (κ2) is 7.26. The van der Waals surface area contributed by atoms with Gasteiger partial charge in [-0.05, 0) is 31.1 Å². The number of benzene rings is 2. The summed E-state index contributed by atoms with van der Waals surface area (Å²) in [5.41, 5.74) is 0.0765. The van der Waals surface area contributed by atoms with Crippen molar-refractivity contribution in [2.24, 2.45) is 5.92 Å². The summed E-state index contributed by atoms with van der Waals surface area (Å²) in [6.07, 6.45) is 1.42. The van der Waals surface area contributed by atoms with Gasteiger partial charge in [0.1, 0.15) is 11.5 Å². The number of aliphatic hydroxyl groups is 1. The van der Waals surface area contributed by atoms with Crippen LogP contribution in [0, 0.1) is 5.92 Å². The summed E-state index contributed by atoms with van der Waals surface area (Å²) in [5.74, 6) is -1.86. The Labute approximate surface area is 153 Å². The molecule has 0 spiro atoms. The highest BCUT2D eigenvalue weighted by Gasteiger charge is 2.54. The monoisotopic (exact) mass is 349 g/mol. The largest absolute Gasteiger partial charge is 0.379 e. The first-order valence-corrected chi connectivity index (χ1v) is 8.92. The van der Waals surface area contributed by atoms with Crippen LogP contribution in [0.4, 0.5) is 0 Å². The van der Waals surface area contributed by atoms with Crippen molar-refractivity contribution in [3.05, 3.63) is 77.9 Å². The summed E-state index contributed by atoms with van der Waals surface area (Å²) in [5, 5.41) is 11.8. The molecule has 1 aliphatic carbocycles. The van der Waals surface area contributed by atoms with Crippen LogP contribution in [0.25, 0.3) is 5.57 Å². The Morgan fingerprint density at radius 1 is 1.00 bits per heavy atom. The smallest absolute Gasteiger partial charge is 0.237 e. The van der Waals surface area contributed by atoms with E-state index < -0.39 is 11.5 Å². The van der Waals surface area contributed by atoms with Gasteiger partial charge >= 0.3 is 0 Å². The quantitative estimate of drug-likeness (QED) is 0.844. The fourth-order valence-corrected chi connectivity index (χ4v) is 3.65. The van der Waals surface area contributed by atoms with E-state index in [0.29, 0.717) is 24.2 Å². The number of amides is 1. The van der Waals surface area contributed by atoms with Gasteiger partial charge < -0.3 is 10.0 Å². The first-order chi connectivity index (χ1) is 12.5. The molecule has 0 radical (unpaired) electrons. The number of ketones is 1. The minimum atomic E-state index is -1.68. The molecule has 1 N–H and O–H groups in total. The lowest BCUT2D eigenvalue weighted by Gasteiger charge is -2.35. The van der Waals surface area contributed by atoms with Gasteiger partial charge in [-0.25, -0.2) is 0 Å². The lowest BCUT2D eigenvalue weighted by Crippen LogP contribution is -2.47. The van der Waals surface area contributed by atoms with E-state index in [2.05, 4.69) is 0 Å². The van der Waals surface area contributed by atoms with E-state index in [1.54, 1.807) is 29.2 Å². The third-order valence-electron chi connectivity index (χ3n) is 5.02. The molecule has 2 atom stereocenters. The Balaban J connectivity index is 2.17. The first-order valence-electron chi connectivity index (χ1n) is 8.92. The normalized spacial score (nSPS) is 22.2. The Hall–Kier alpha value is -2.72. The van der Waals surface area contributed by atoms with Crippen LogP contribution < -0.4 is 0 Å². The number of rotatable bonds is 5. The molecule has 0 saturated carbocycles. The van der Waals surface area contributed by atoms with Crippen molar-refractivity contribution >= 4 is 17.3 Å². The molecule has 1 amide bonds. The minimum Gasteiger partial charge on any atom is -0.379 e. The van der Waals surface area contributed by atoms with Gasteiger partial charge in [0.05, 0.1) is 0 Å².